The van der Waals surface area contributed by atoms with Crippen molar-refractivity contribution in [3.8, 4) is 0 Å². The average Bonchev–Trinajstić information content (AvgIpc) is 3.04. The van der Waals surface area contributed by atoms with E-state index in [1.54, 1.807) is 24.3 Å². The molecule has 0 saturated carbocycles. The van der Waals surface area contributed by atoms with Gasteiger partial charge in [0.25, 0.3) is 11.8 Å². The third kappa shape index (κ3) is 2.79. The minimum absolute atomic E-state index is 0.247. The molecule has 4 rings (SSSR count). The first-order valence-corrected chi connectivity index (χ1v) is 9.55. The van der Waals surface area contributed by atoms with Crippen LogP contribution in [0.1, 0.15) is 66.9 Å². The van der Waals surface area contributed by atoms with E-state index < -0.39 is 18.3 Å². The highest BCUT2D eigenvalue weighted by molar-refractivity contribution is 6.62. The minimum Gasteiger partial charge on any atom is -0.399 e. The van der Waals surface area contributed by atoms with Crippen LogP contribution < -0.4 is 5.46 Å². The van der Waals surface area contributed by atoms with Gasteiger partial charge in [0.2, 0.25) is 0 Å². The molecule has 144 valence electrons. The fourth-order valence-corrected chi connectivity index (χ4v) is 3.62. The zero-order valence-electron chi connectivity index (χ0n) is 16.9. The van der Waals surface area contributed by atoms with E-state index in [4.69, 9.17) is 9.31 Å². The van der Waals surface area contributed by atoms with Gasteiger partial charge >= 0.3 is 7.12 Å². The summed E-state index contributed by atoms with van der Waals surface area (Å²) >= 11 is 0. The number of imide groups is 1. The summed E-state index contributed by atoms with van der Waals surface area (Å²) in [5.41, 5.74) is 1.93. The first-order chi connectivity index (χ1) is 13.1. The molecule has 0 N–H and O–H groups in total. The van der Waals surface area contributed by atoms with Gasteiger partial charge in [0.1, 0.15) is 0 Å². The molecule has 1 saturated heterocycles. The maximum Gasteiger partial charge on any atom is 0.494 e. The fraction of sp³-hybridized carbons (Fsp3) is 0.364. The van der Waals surface area contributed by atoms with Gasteiger partial charge in [-0.15, -0.1) is 0 Å². The first-order valence-electron chi connectivity index (χ1n) is 9.55. The summed E-state index contributed by atoms with van der Waals surface area (Å²) in [6.45, 7) is 9.94. The number of carbonyl (C=O) groups is 2. The zero-order chi connectivity index (χ0) is 20.3. The number of rotatable bonds is 3. The molecular formula is C22H24BNO4. The lowest BCUT2D eigenvalue weighted by molar-refractivity contribution is 0.00578. The number of carbonyl (C=O) groups excluding carboxylic acids is 2. The van der Waals surface area contributed by atoms with Gasteiger partial charge in [0.15, 0.2) is 0 Å². The normalized spacial score (nSPS) is 21.2. The lowest BCUT2D eigenvalue weighted by Crippen LogP contribution is -2.41. The largest absolute Gasteiger partial charge is 0.494 e. The molecule has 0 radical (unpaired) electrons. The van der Waals surface area contributed by atoms with Crippen LogP contribution in [0.2, 0.25) is 0 Å². The van der Waals surface area contributed by atoms with Crippen molar-refractivity contribution >= 4 is 24.4 Å². The molecule has 0 bridgehead atoms. The Morgan fingerprint density at radius 1 is 0.821 bits per heavy atom. The Morgan fingerprint density at radius 3 is 1.75 bits per heavy atom. The molecule has 1 atom stereocenters. The molecule has 2 amide bonds. The number of nitrogens with zero attached hydrogens (tertiary/aromatic N) is 1. The molecule has 1 unspecified atom stereocenters. The van der Waals surface area contributed by atoms with E-state index in [0.29, 0.717) is 11.1 Å². The van der Waals surface area contributed by atoms with Crippen molar-refractivity contribution in [2.75, 3.05) is 0 Å². The van der Waals surface area contributed by atoms with Crippen molar-refractivity contribution in [3.05, 3.63) is 65.2 Å². The zero-order valence-corrected chi connectivity index (χ0v) is 16.9. The predicted molar refractivity (Wildman–Crippen MR) is 108 cm³/mol. The molecule has 2 aromatic carbocycles. The number of benzene rings is 2. The Morgan fingerprint density at radius 2 is 1.29 bits per heavy atom. The third-order valence-corrected chi connectivity index (χ3v) is 6.16. The third-order valence-electron chi connectivity index (χ3n) is 6.16. The number of fused-ring (bicyclic) bond motifs is 1. The van der Waals surface area contributed by atoms with Gasteiger partial charge < -0.3 is 9.31 Å². The van der Waals surface area contributed by atoms with Crippen molar-refractivity contribution in [3.63, 3.8) is 0 Å². The summed E-state index contributed by atoms with van der Waals surface area (Å²) in [6, 6.07) is 14.3. The summed E-state index contributed by atoms with van der Waals surface area (Å²) in [5.74, 6) is -0.494. The maximum absolute atomic E-state index is 12.7. The lowest BCUT2D eigenvalue weighted by atomic mass is 9.78. The molecule has 5 nitrogen and oxygen atoms in total. The topological polar surface area (TPSA) is 55.8 Å². The van der Waals surface area contributed by atoms with Crippen molar-refractivity contribution < 1.29 is 18.9 Å². The number of hydrogen-bond donors (Lipinski definition) is 0. The molecule has 28 heavy (non-hydrogen) atoms. The highest BCUT2D eigenvalue weighted by atomic mass is 16.7. The van der Waals surface area contributed by atoms with Crippen LogP contribution in [0.15, 0.2) is 48.5 Å². The first kappa shape index (κ1) is 18.9. The summed E-state index contributed by atoms with van der Waals surface area (Å²) in [4.78, 5) is 26.7. The van der Waals surface area contributed by atoms with Gasteiger partial charge in [-0.05, 0) is 57.8 Å². The van der Waals surface area contributed by atoms with Crippen LogP contribution in [-0.2, 0) is 9.31 Å². The molecule has 0 aliphatic carbocycles. The highest BCUT2D eigenvalue weighted by Crippen LogP contribution is 2.36. The Kier molecular flexibility index (Phi) is 4.25. The van der Waals surface area contributed by atoms with Crippen molar-refractivity contribution in [1.82, 2.24) is 4.90 Å². The van der Waals surface area contributed by atoms with Crippen LogP contribution in [0.4, 0.5) is 0 Å². The summed E-state index contributed by atoms with van der Waals surface area (Å²) < 4.78 is 12.2. The predicted octanol–water partition coefficient (Wildman–Crippen LogP) is 3.34. The highest BCUT2D eigenvalue weighted by Gasteiger charge is 2.51. The van der Waals surface area contributed by atoms with Crippen LogP contribution in [0.25, 0.3) is 0 Å². The minimum atomic E-state index is -0.436. The summed E-state index contributed by atoms with van der Waals surface area (Å²) in [5, 5.41) is 0. The summed E-state index contributed by atoms with van der Waals surface area (Å²) in [6.07, 6.45) is 0. The van der Waals surface area contributed by atoms with E-state index in [0.717, 1.165) is 11.0 Å². The van der Waals surface area contributed by atoms with Crippen molar-refractivity contribution in [1.29, 1.82) is 0 Å². The molecule has 2 heterocycles. The SMILES string of the molecule is CC(c1ccc(B2OC(C)(C)C(C)(C)O2)cc1)N1C(=O)c2ccccc2C1=O. The van der Waals surface area contributed by atoms with Gasteiger partial charge in [-0.2, -0.15) is 0 Å². The standard InChI is InChI=1S/C22H24BNO4/c1-14(24-19(25)17-8-6-7-9-18(17)20(24)26)15-10-12-16(13-11-15)23-27-21(2,3)22(4,5)28-23/h6-14H,1-5H3. The Bertz CT molecular complexity index is 900. The second-order valence-corrected chi connectivity index (χ2v) is 8.46. The quantitative estimate of drug-likeness (QED) is 0.608. The van der Waals surface area contributed by atoms with Crippen molar-refractivity contribution in [2.45, 2.75) is 51.9 Å². The van der Waals surface area contributed by atoms with Gasteiger partial charge in [0, 0.05) is 0 Å². The van der Waals surface area contributed by atoms with E-state index in [1.807, 2.05) is 58.9 Å². The van der Waals surface area contributed by atoms with E-state index in [-0.39, 0.29) is 17.9 Å². The average molecular weight is 377 g/mol. The van der Waals surface area contributed by atoms with Crippen LogP contribution in [-0.4, -0.2) is 35.0 Å². The van der Waals surface area contributed by atoms with Crippen LogP contribution in [0, 0.1) is 0 Å². The molecular weight excluding hydrogens is 353 g/mol. The Balaban J connectivity index is 1.56. The molecule has 2 aromatic rings. The van der Waals surface area contributed by atoms with E-state index in [1.165, 1.54) is 4.90 Å². The Labute approximate surface area is 165 Å². The second kappa shape index (κ2) is 6.29. The fourth-order valence-electron chi connectivity index (χ4n) is 3.62. The van der Waals surface area contributed by atoms with E-state index in [9.17, 15) is 9.59 Å². The molecule has 2 aliphatic rings. The molecule has 6 heteroatoms. The van der Waals surface area contributed by atoms with Crippen LogP contribution in [0.5, 0.6) is 0 Å². The van der Waals surface area contributed by atoms with Gasteiger partial charge in [0.05, 0.1) is 28.4 Å². The van der Waals surface area contributed by atoms with E-state index in [2.05, 4.69) is 0 Å². The monoisotopic (exact) mass is 377 g/mol. The molecule has 2 aliphatic heterocycles. The second-order valence-electron chi connectivity index (χ2n) is 8.46. The van der Waals surface area contributed by atoms with E-state index >= 15 is 0 Å². The number of amides is 2. The van der Waals surface area contributed by atoms with Crippen LogP contribution in [0.3, 0.4) is 0 Å². The van der Waals surface area contributed by atoms with Crippen LogP contribution >= 0.6 is 0 Å². The number of hydrogen-bond acceptors (Lipinski definition) is 4. The lowest BCUT2D eigenvalue weighted by Gasteiger charge is -2.32. The molecule has 1 fully saturated rings. The maximum atomic E-state index is 12.7. The Hall–Kier alpha value is -2.44. The van der Waals surface area contributed by atoms with Gasteiger partial charge in [-0.1, -0.05) is 36.4 Å². The van der Waals surface area contributed by atoms with Gasteiger partial charge in [-0.3, -0.25) is 14.5 Å². The molecule has 0 aromatic heterocycles. The van der Waals surface area contributed by atoms with Gasteiger partial charge in [-0.25, -0.2) is 0 Å². The molecule has 0 spiro atoms. The van der Waals surface area contributed by atoms with Crippen molar-refractivity contribution in [2.24, 2.45) is 0 Å². The smallest absolute Gasteiger partial charge is 0.399 e. The summed E-state index contributed by atoms with van der Waals surface area (Å²) in [7, 11) is -0.436.